The lowest BCUT2D eigenvalue weighted by Crippen LogP contribution is -2.09. The molecule has 62 valence electrons. The number of nitrogens with zero attached hydrogens (tertiary/aromatic N) is 2. The van der Waals surface area contributed by atoms with Gasteiger partial charge in [-0.2, -0.15) is 5.10 Å². The average Bonchev–Trinajstić information content (AvgIpc) is 2.17. The molecule has 0 fully saturated rings. The number of aromatic nitrogens is 2. The van der Waals surface area contributed by atoms with Crippen LogP contribution in [-0.4, -0.2) is 14.9 Å². The van der Waals surface area contributed by atoms with Crippen molar-refractivity contribution in [3.63, 3.8) is 0 Å². The first-order valence-corrected chi connectivity index (χ1v) is 3.32. The van der Waals surface area contributed by atoms with Gasteiger partial charge in [-0.3, -0.25) is 0 Å². The van der Waals surface area contributed by atoms with E-state index < -0.39 is 6.23 Å². The van der Waals surface area contributed by atoms with Crippen LogP contribution in [0.1, 0.15) is 18.8 Å². The van der Waals surface area contributed by atoms with Crippen LogP contribution in [-0.2, 0) is 0 Å². The van der Waals surface area contributed by atoms with E-state index in [9.17, 15) is 0 Å². The number of aryl methyl sites for hydroxylation is 1. The fourth-order valence-electron chi connectivity index (χ4n) is 0.863. The lowest BCUT2D eigenvalue weighted by molar-refractivity contribution is 0.113. The predicted octanol–water partition coefficient (Wildman–Crippen LogP) is -0.133. The molecule has 5 N–H and O–H groups in total. The third-order valence-corrected chi connectivity index (χ3v) is 1.52. The van der Waals surface area contributed by atoms with Gasteiger partial charge in [-0.05, 0) is 13.8 Å². The summed E-state index contributed by atoms with van der Waals surface area (Å²) in [6, 6.07) is 0. The third-order valence-electron chi connectivity index (χ3n) is 1.52. The standard InChI is InChI=1S/C6H12N4O/c1-3-5(7)6(8)10(9-3)4(2)11/h4,11H,7-8H2,1-2H3/t4-/m1/s1. The van der Waals surface area contributed by atoms with Gasteiger partial charge in [-0.15, -0.1) is 0 Å². The highest BCUT2D eigenvalue weighted by atomic mass is 16.3. The molecular weight excluding hydrogens is 144 g/mol. The second-order valence-corrected chi connectivity index (χ2v) is 2.46. The molecule has 0 bridgehead atoms. The highest BCUT2D eigenvalue weighted by Gasteiger charge is 2.11. The fourth-order valence-corrected chi connectivity index (χ4v) is 0.863. The Balaban J connectivity index is 3.19. The van der Waals surface area contributed by atoms with Crippen molar-refractivity contribution in [2.45, 2.75) is 20.1 Å². The van der Waals surface area contributed by atoms with Crippen LogP contribution in [0.4, 0.5) is 11.5 Å². The number of aliphatic hydroxyl groups is 1. The minimum absolute atomic E-state index is 0.317. The molecule has 1 heterocycles. The molecule has 0 aliphatic rings. The zero-order valence-corrected chi connectivity index (χ0v) is 6.57. The first kappa shape index (κ1) is 7.87. The van der Waals surface area contributed by atoms with Gasteiger partial charge in [0.2, 0.25) is 0 Å². The first-order valence-electron chi connectivity index (χ1n) is 3.32. The van der Waals surface area contributed by atoms with E-state index in [0.29, 0.717) is 17.2 Å². The van der Waals surface area contributed by atoms with Gasteiger partial charge in [0.25, 0.3) is 0 Å². The maximum Gasteiger partial charge on any atom is 0.148 e. The van der Waals surface area contributed by atoms with E-state index in [1.807, 2.05) is 0 Å². The molecule has 0 aliphatic carbocycles. The van der Waals surface area contributed by atoms with Crippen molar-refractivity contribution in [3.05, 3.63) is 5.69 Å². The highest BCUT2D eigenvalue weighted by molar-refractivity contribution is 5.61. The van der Waals surface area contributed by atoms with Crippen molar-refractivity contribution in [1.29, 1.82) is 0 Å². The van der Waals surface area contributed by atoms with E-state index in [2.05, 4.69) is 5.10 Å². The number of rotatable bonds is 1. The maximum absolute atomic E-state index is 9.11. The summed E-state index contributed by atoms with van der Waals surface area (Å²) in [5.74, 6) is 0.317. The Morgan fingerprint density at radius 2 is 2.09 bits per heavy atom. The summed E-state index contributed by atoms with van der Waals surface area (Å²) in [6.07, 6.45) is -0.731. The summed E-state index contributed by atoms with van der Waals surface area (Å²) < 4.78 is 1.28. The van der Waals surface area contributed by atoms with E-state index in [0.717, 1.165) is 0 Å². The second-order valence-electron chi connectivity index (χ2n) is 2.46. The molecule has 1 rings (SSSR count). The summed E-state index contributed by atoms with van der Waals surface area (Å²) in [6.45, 7) is 3.31. The first-order chi connectivity index (χ1) is 5.04. The molecular formula is C6H12N4O. The SMILES string of the molecule is Cc1nn([C@@H](C)O)c(N)c1N. The molecule has 0 amide bonds. The molecule has 0 unspecified atom stereocenters. The predicted molar refractivity (Wildman–Crippen MR) is 42.7 cm³/mol. The molecule has 1 aromatic rings. The monoisotopic (exact) mass is 156 g/mol. The van der Waals surface area contributed by atoms with E-state index >= 15 is 0 Å². The van der Waals surface area contributed by atoms with Crippen molar-refractivity contribution in [2.24, 2.45) is 0 Å². The molecule has 0 radical (unpaired) electrons. The van der Waals surface area contributed by atoms with Gasteiger partial charge in [-0.25, -0.2) is 4.68 Å². The van der Waals surface area contributed by atoms with Crippen LogP contribution < -0.4 is 11.5 Å². The molecule has 0 aromatic carbocycles. The Bertz CT molecular complexity index is 266. The Labute approximate surface area is 64.6 Å². The van der Waals surface area contributed by atoms with Crippen LogP contribution in [0.3, 0.4) is 0 Å². The number of hydrogen-bond acceptors (Lipinski definition) is 4. The van der Waals surface area contributed by atoms with Crippen molar-refractivity contribution < 1.29 is 5.11 Å². The van der Waals surface area contributed by atoms with Crippen LogP contribution in [0.5, 0.6) is 0 Å². The lowest BCUT2D eigenvalue weighted by Gasteiger charge is -2.05. The van der Waals surface area contributed by atoms with E-state index in [-0.39, 0.29) is 0 Å². The van der Waals surface area contributed by atoms with Gasteiger partial charge >= 0.3 is 0 Å². The molecule has 11 heavy (non-hydrogen) atoms. The molecule has 0 spiro atoms. The van der Waals surface area contributed by atoms with E-state index in [1.54, 1.807) is 13.8 Å². The normalized spacial score (nSPS) is 13.4. The van der Waals surface area contributed by atoms with E-state index in [4.69, 9.17) is 16.6 Å². The number of hydrogen-bond donors (Lipinski definition) is 3. The van der Waals surface area contributed by atoms with Crippen molar-refractivity contribution in [3.8, 4) is 0 Å². The maximum atomic E-state index is 9.11. The Hall–Kier alpha value is -1.23. The smallest absolute Gasteiger partial charge is 0.148 e. The summed E-state index contributed by atoms with van der Waals surface area (Å²) in [7, 11) is 0. The minimum Gasteiger partial charge on any atom is -0.394 e. The van der Waals surface area contributed by atoms with Crippen LogP contribution >= 0.6 is 0 Å². The molecule has 0 saturated heterocycles. The van der Waals surface area contributed by atoms with Gasteiger partial charge in [0.1, 0.15) is 12.0 Å². The van der Waals surface area contributed by atoms with Crippen molar-refractivity contribution in [2.75, 3.05) is 11.5 Å². The quantitative estimate of drug-likeness (QED) is 0.528. The highest BCUT2D eigenvalue weighted by Crippen LogP contribution is 2.20. The molecule has 0 aliphatic heterocycles. The molecule has 0 saturated carbocycles. The van der Waals surface area contributed by atoms with Crippen molar-refractivity contribution in [1.82, 2.24) is 9.78 Å². The van der Waals surface area contributed by atoms with Crippen LogP contribution in [0.25, 0.3) is 0 Å². The zero-order valence-electron chi connectivity index (χ0n) is 6.57. The summed E-state index contributed by atoms with van der Waals surface area (Å²) in [5, 5.41) is 13.0. The topological polar surface area (TPSA) is 90.1 Å². The second kappa shape index (κ2) is 2.43. The number of nitrogen functional groups attached to an aromatic ring is 2. The summed E-state index contributed by atoms with van der Waals surface area (Å²) in [4.78, 5) is 0. The van der Waals surface area contributed by atoms with Crippen molar-refractivity contribution >= 4 is 11.5 Å². The zero-order chi connectivity index (χ0) is 8.59. The number of aliphatic hydroxyl groups excluding tert-OH is 1. The third kappa shape index (κ3) is 1.14. The fraction of sp³-hybridized carbons (Fsp3) is 0.500. The average molecular weight is 156 g/mol. The Morgan fingerprint density at radius 1 is 1.55 bits per heavy atom. The largest absolute Gasteiger partial charge is 0.394 e. The van der Waals surface area contributed by atoms with Gasteiger partial charge in [0.15, 0.2) is 0 Å². The van der Waals surface area contributed by atoms with Crippen LogP contribution in [0.2, 0.25) is 0 Å². The van der Waals surface area contributed by atoms with Crippen LogP contribution in [0, 0.1) is 6.92 Å². The van der Waals surface area contributed by atoms with Crippen LogP contribution in [0.15, 0.2) is 0 Å². The summed E-state index contributed by atoms with van der Waals surface area (Å²) in [5.41, 5.74) is 12.1. The minimum atomic E-state index is -0.731. The molecule has 1 atom stereocenters. The molecule has 1 aromatic heterocycles. The number of nitrogens with two attached hydrogens (primary N) is 2. The Morgan fingerprint density at radius 3 is 2.27 bits per heavy atom. The Kier molecular flexibility index (Phi) is 1.74. The van der Waals surface area contributed by atoms with Gasteiger partial charge in [-0.1, -0.05) is 0 Å². The molecule has 5 heteroatoms. The lowest BCUT2D eigenvalue weighted by atomic mass is 10.4. The van der Waals surface area contributed by atoms with E-state index in [1.165, 1.54) is 4.68 Å². The van der Waals surface area contributed by atoms with Gasteiger partial charge in [0, 0.05) is 0 Å². The number of anilines is 2. The van der Waals surface area contributed by atoms with Gasteiger partial charge < -0.3 is 16.6 Å². The van der Waals surface area contributed by atoms with Gasteiger partial charge in [0.05, 0.1) is 11.4 Å². The summed E-state index contributed by atoms with van der Waals surface area (Å²) >= 11 is 0. The molecule has 5 nitrogen and oxygen atoms in total.